The topological polar surface area (TPSA) is 29.1 Å². The maximum absolute atomic E-state index is 11.2. The maximum Gasteiger partial charge on any atom is 0.220 e. The van der Waals surface area contributed by atoms with Crippen LogP contribution in [0.5, 0.6) is 0 Å². The zero-order chi connectivity index (χ0) is 12.7. The molecule has 0 atom stereocenters. The number of carbonyl (C=O) groups excluding carboxylic acids is 1. The Labute approximate surface area is 116 Å². The van der Waals surface area contributed by atoms with E-state index in [2.05, 4.69) is 5.32 Å². The summed E-state index contributed by atoms with van der Waals surface area (Å²) in [6.45, 7) is 2.61. The Balaban J connectivity index is 2.26. The third-order valence-corrected chi connectivity index (χ3v) is 3.87. The molecule has 0 aliphatic heterocycles. The SMILES string of the molecule is CCNC(=O)CCSCc1ccc(Cl)c(Cl)c1. The van der Waals surface area contributed by atoms with Crippen molar-refractivity contribution in [3.8, 4) is 0 Å². The average molecular weight is 292 g/mol. The van der Waals surface area contributed by atoms with Crippen LogP contribution >= 0.6 is 35.0 Å². The van der Waals surface area contributed by atoms with Gasteiger partial charge >= 0.3 is 0 Å². The Hall–Kier alpha value is -0.380. The van der Waals surface area contributed by atoms with Gasteiger partial charge in [-0.05, 0) is 24.6 Å². The zero-order valence-electron chi connectivity index (χ0n) is 9.63. The lowest BCUT2D eigenvalue weighted by molar-refractivity contribution is -0.120. The number of benzene rings is 1. The Morgan fingerprint density at radius 2 is 2.12 bits per heavy atom. The van der Waals surface area contributed by atoms with Crippen LogP contribution in [-0.4, -0.2) is 18.2 Å². The Morgan fingerprint density at radius 1 is 1.35 bits per heavy atom. The predicted octanol–water partition coefficient (Wildman–Crippen LogP) is 3.75. The van der Waals surface area contributed by atoms with Gasteiger partial charge in [0.1, 0.15) is 0 Å². The number of hydrogen-bond donors (Lipinski definition) is 1. The standard InChI is InChI=1S/C12H15Cl2NOS/c1-2-15-12(16)5-6-17-8-9-3-4-10(13)11(14)7-9/h3-4,7H,2,5-6,8H2,1H3,(H,15,16). The van der Waals surface area contributed by atoms with E-state index in [9.17, 15) is 4.79 Å². The van der Waals surface area contributed by atoms with Crippen molar-refractivity contribution >= 4 is 40.9 Å². The Morgan fingerprint density at radius 3 is 2.76 bits per heavy atom. The van der Waals surface area contributed by atoms with Crippen molar-refractivity contribution in [2.45, 2.75) is 19.1 Å². The molecule has 0 fully saturated rings. The molecule has 1 aromatic rings. The first-order valence-corrected chi connectivity index (χ1v) is 7.33. The van der Waals surface area contributed by atoms with Crippen molar-refractivity contribution in [1.29, 1.82) is 0 Å². The van der Waals surface area contributed by atoms with Gasteiger partial charge in [0.15, 0.2) is 0 Å². The predicted molar refractivity (Wildman–Crippen MR) is 75.9 cm³/mol. The van der Waals surface area contributed by atoms with E-state index in [0.29, 0.717) is 23.0 Å². The first-order chi connectivity index (χ1) is 8.13. The van der Waals surface area contributed by atoms with Gasteiger partial charge in [-0.2, -0.15) is 11.8 Å². The highest BCUT2D eigenvalue weighted by molar-refractivity contribution is 7.98. The highest BCUT2D eigenvalue weighted by Crippen LogP contribution is 2.24. The van der Waals surface area contributed by atoms with Crippen LogP contribution < -0.4 is 5.32 Å². The van der Waals surface area contributed by atoms with Crippen molar-refractivity contribution in [2.75, 3.05) is 12.3 Å². The van der Waals surface area contributed by atoms with Crippen molar-refractivity contribution in [3.05, 3.63) is 33.8 Å². The van der Waals surface area contributed by atoms with Gasteiger partial charge in [0.05, 0.1) is 10.0 Å². The largest absolute Gasteiger partial charge is 0.356 e. The number of thioether (sulfide) groups is 1. The molecule has 0 unspecified atom stereocenters. The highest BCUT2D eigenvalue weighted by atomic mass is 35.5. The summed E-state index contributed by atoms with van der Waals surface area (Å²) in [5.41, 5.74) is 1.13. The van der Waals surface area contributed by atoms with Crippen LogP contribution in [0, 0.1) is 0 Å². The minimum absolute atomic E-state index is 0.106. The average Bonchev–Trinajstić information content (AvgIpc) is 2.29. The van der Waals surface area contributed by atoms with E-state index in [-0.39, 0.29) is 5.91 Å². The molecule has 0 bridgehead atoms. The van der Waals surface area contributed by atoms with Crippen molar-refractivity contribution in [1.82, 2.24) is 5.32 Å². The fourth-order valence-corrected chi connectivity index (χ4v) is 2.48. The van der Waals surface area contributed by atoms with Crippen LogP contribution in [0.1, 0.15) is 18.9 Å². The molecule has 0 saturated heterocycles. The number of nitrogens with one attached hydrogen (secondary N) is 1. The summed E-state index contributed by atoms with van der Waals surface area (Å²) < 4.78 is 0. The van der Waals surface area contributed by atoms with E-state index in [1.807, 2.05) is 19.1 Å². The smallest absolute Gasteiger partial charge is 0.220 e. The summed E-state index contributed by atoms with van der Waals surface area (Å²) in [5, 5.41) is 3.92. The van der Waals surface area contributed by atoms with E-state index < -0.39 is 0 Å². The van der Waals surface area contributed by atoms with Crippen molar-refractivity contribution < 1.29 is 4.79 Å². The highest BCUT2D eigenvalue weighted by Gasteiger charge is 2.02. The lowest BCUT2D eigenvalue weighted by Crippen LogP contribution is -2.22. The van der Waals surface area contributed by atoms with Gasteiger partial charge in [-0.1, -0.05) is 29.3 Å². The monoisotopic (exact) mass is 291 g/mol. The van der Waals surface area contributed by atoms with Crippen molar-refractivity contribution in [3.63, 3.8) is 0 Å². The molecule has 0 radical (unpaired) electrons. The molecule has 1 N–H and O–H groups in total. The second-order valence-electron chi connectivity index (χ2n) is 3.50. The second kappa shape index (κ2) is 7.85. The molecular weight excluding hydrogens is 277 g/mol. The lowest BCUT2D eigenvalue weighted by atomic mass is 10.2. The van der Waals surface area contributed by atoms with E-state index in [0.717, 1.165) is 17.1 Å². The first-order valence-electron chi connectivity index (χ1n) is 5.42. The zero-order valence-corrected chi connectivity index (χ0v) is 12.0. The van der Waals surface area contributed by atoms with Gasteiger partial charge < -0.3 is 5.32 Å². The molecule has 1 rings (SSSR count). The van der Waals surface area contributed by atoms with Crippen LogP contribution in [-0.2, 0) is 10.5 Å². The molecule has 1 aromatic carbocycles. The fourth-order valence-electron chi connectivity index (χ4n) is 1.27. The molecule has 0 aliphatic rings. The lowest BCUT2D eigenvalue weighted by Gasteiger charge is -2.04. The first kappa shape index (κ1) is 14.7. The maximum atomic E-state index is 11.2. The van der Waals surface area contributed by atoms with E-state index in [4.69, 9.17) is 23.2 Å². The third-order valence-electron chi connectivity index (χ3n) is 2.10. The minimum Gasteiger partial charge on any atom is -0.356 e. The van der Waals surface area contributed by atoms with Crippen LogP contribution in [0.25, 0.3) is 0 Å². The molecule has 0 heterocycles. The summed E-state index contributed by atoms with van der Waals surface area (Å²) >= 11 is 13.5. The molecule has 94 valence electrons. The number of rotatable bonds is 6. The molecule has 0 spiro atoms. The minimum atomic E-state index is 0.106. The fraction of sp³-hybridized carbons (Fsp3) is 0.417. The summed E-state index contributed by atoms with van der Waals surface area (Å²) in [7, 11) is 0. The molecule has 0 aliphatic carbocycles. The molecule has 1 amide bonds. The molecule has 0 saturated carbocycles. The van der Waals surface area contributed by atoms with Crippen LogP contribution in [0.2, 0.25) is 10.0 Å². The van der Waals surface area contributed by atoms with Crippen LogP contribution in [0.4, 0.5) is 0 Å². The molecule has 5 heteroatoms. The summed E-state index contributed by atoms with van der Waals surface area (Å²) in [6, 6.07) is 5.61. The van der Waals surface area contributed by atoms with Gasteiger partial charge in [-0.25, -0.2) is 0 Å². The molecule has 2 nitrogen and oxygen atoms in total. The van der Waals surface area contributed by atoms with Crippen LogP contribution in [0.3, 0.4) is 0 Å². The summed E-state index contributed by atoms with van der Waals surface area (Å²) in [5.74, 6) is 1.76. The number of carbonyl (C=O) groups is 1. The van der Waals surface area contributed by atoms with E-state index in [1.54, 1.807) is 17.8 Å². The summed E-state index contributed by atoms with van der Waals surface area (Å²) in [4.78, 5) is 11.2. The van der Waals surface area contributed by atoms with Gasteiger partial charge in [0.25, 0.3) is 0 Å². The quantitative estimate of drug-likeness (QED) is 0.809. The number of halogens is 2. The Bertz CT molecular complexity index is 385. The van der Waals surface area contributed by atoms with E-state index in [1.165, 1.54) is 0 Å². The van der Waals surface area contributed by atoms with Crippen LogP contribution in [0.15, 0.2) is 18.2 Å². The molecule has 17 heavy (non-hydrogen) atoms. The van der Waals surface area contributed by atoms with Gasteiger partial charge in [0.2, 0.25) is 5.91 Å². The van der Waals surface area contributed by atoms with E-state index >= 15 is 0 Å². The third kappa shape index (κ3) is 5.66. The Kier molecular flexibility index (Phi) is 6.78. The normalized spacial score (nSPS) is 10.3. The van der Waals surface area contributed by atoms with Gasteiger partial charge in [0, 0.05) is 24.5 Å². The molecule has 0 aromatic heterocycles. The number of amides is 1. The molecular formula is C12H15Cl2NOS. The van der Waals surface area contributed by atoms with Gasteiger partial charge in [-0.15, -0.1) is 0 Å². The second-order valence-corrected chi connectivity index (χ2v) is 5.42. The van der Waals surface area contributed by atoms with Gasteiger partial charge in [-0.3, -0.25) is 4.79 Å². The number of hydrogen-bond acceptors (Lipinski definition) is 2. The summed E-state index contributed by atoms with van der Waals surface area (Å²) in [6.07, 6.45) is 0.555. The van der Waals surface area contributed by atoms with Crippen molar-refractivity contribution in [2.24, 2.45) is 0 Å².